The van der Waals surface area contributed by atoms with Gasteiger partial charge in [0.15, 0.2) is 0 Å². The number of rotatable bonds is 4. The summed E-state index contributed by atoms with van der Waals surface area (Å²) in [7, 11) is 0. The Bertz CT molecular complexity index is 1050. The maximum absolute atomic E-state index is 13.4. The van der Waals surface area contributed by atoms with E-state index in [4.69, 9.17) is 0 Å². The predicted octanol–water partition coefficient (Wildman–Crippen LogP) is 3.39. The maximum Gasteiger partial charge on any atom is 0.327 e. The van der Waals surface area contributed by atoms with E-state index < -0.39 is 5.54 Å². The van der Waals surface area contributed by atoms with E-state index in [2.05, 4.69) is 16.0 Å². The Hall–Kier alpha value is -3.40. The van der Waals surface area contributed by atoms with E-state index in [1.165, 1.54) is 4.90 Å². The molecule has 2 aromatic rings. The van der Waals surface area contributed by atoms with Gasteiger partial charge in [-0.3, -0.25) is 9.69 Å². The molecule has 1 spiro atoms. The highest BCUT2D eigenvalue weighted by atomic mass is 16.2. The summed E-state index contributed by atoms with van der Waals surface area (Å²) in [5, 5.41) is 9.65. The zero-order valence-electron chi connectivity index (χ0n) is 18.3. The number of hydrogen-bond acceptors (Lipinski definition) is 5. The fourth-order valence-corrected chi connectivity index (χ4v) is 4.80. The lowest BCUT2D eigenvalue weighted by Gasteiger charge is -2.43. The van der Waals surface area contributed by atoms with Crippen molar-refractivity contribution in [3.63, 3.8) is 0 Å². The number of carbonyl (C=O) groups excluding carboxylic acids is 2. The molecule has 0 radical (unpaired) electrons. The summed E-state index contributed by atoms with van der Waals surface area (Å²) in [5.74, 6) is 0.568. The van der Waals surface area contributed by atoms with Crippen molar-refractivity contribution in [1.82, 2.24) is 14.8 Å². The van der Waals surface area contributed by atoms with Crippen LogP contribution < -0.4 is 4.90 Å². The SMILES string of the molecule is CCN1C(=O)N(Cc2ccccc2)C2(CCN(c3nc(C)cc(C)c3C#N)CC2)C1=O. The molecule has 3 heterocycles. The number of piperidine rings is 1. The summed E-state index contributed by atoms with van der Waals surface area (Å²) in [6.45, 7) is 7.58. The van der Waals surface area contributed by atoms with Gasteiger partial charge in [0.25, 0.3) is 5.91 Å². The number of nitriles is 1. The van der Waals surface area contributed by atoms with Gasteiger partial charge in [-0.15, -0.1) is 0 Å². The molecule has 2 fully saturated rings. The number of carbonyl (C=O) groups is 2. The Morgan fingerprint density at radius 3 is 2.42 bits per heavy atom. The van der Waals surface area contributed by atoms with Crippen LogP contribution in [0, 0.1) is 25.2 Å². The molecule has 0 unspecified atom stereocenters. The van der Waals surface area contributed by atoms with Gasteiger partial charge in [0.1, 0.15) is 17.4 Å². The fourth-order valence-electron chi connectivity index (χ4n) is 4.80. The average molecular weight is 418 g/mol. The molecule has 1 aromatic heterocycles. The van der Waals surface area contributed by atoms with Crippen LogP contribution in [0.15, 0.2) is 36.4 Å². The van der Waals surface area contributed by atoms with Crippen LogP contribution >= 0.6 is 0 Å². The first-order valence-electron chi connectivity index (χ1n) is 10.7. The van der Waals surface area contributed by atoms with Gasteiger partial charge in [-0.05, 0) is 50.8 Å². The van der Waals surface area contributed by atoms with Crippen molar-refractivity contribution < 1.29 is 9.59 Å². The summed E-state index contributed by atoms with van der Waals surface area (Å²) in [5.41, 5.74) is 2.50. The van der Waals surface area contributed by atoms with Gasteiger partial charge >= 0.3 is 6.03 Å². The zero-order valence-corrected chi connectivity index (χ0v) is 18.3. The first kappa shape index (κ1) is 20.9. The quantitative estimate of drug-likeness (QED) is 0.713. The number of anilines is 1. The minimum atomic E-state index is -0.842. The van der Waals surface area contributed by atoms with Crippen LogP contribution in [0.1, 0.15) is 42.1 Å². The van der Waals surface area contributed by atoms with Gasteiger partial charge in [0, 0.05) is 31.9 Å². The molecule has 1 aromatic carbocycles. The normalized spacial score (nSPS) is 18.1. The molecule has 0 N–H and O–H groups in total. The van der Waals surface area contributed by atoms with Gasteiger partial charge < -0.3 is 9.80 Å². The summed E-state index contributed by atoms with van der Waals surface area (Å²) >= 11 is 0. The molecule has 0 atom stereocenters. The Morgan fingerprint density at radius 2 is 1.81 bits per heavy atom. The molecule has 3 amide bonds. The Labute approximate surface area is 182 Å². The van der Waals surface area contributed by atoms with Crippen molar-refractivity contribution in [1.29, 1.82) is 5.26 Å². The van der Waals surface area contributed by atoms with Gasteiger partial charge in [0.2, 0.25) is 0 Å². The van der Waals surface area contributed by atoms with Crippen molar-refractivity contribution in [3.8, 4) is 6.07 Å². The topological polar surface area (TPSA) is 80.5 Å². The average Bonchev–Trinajstić information content (AvgIpc) is 2.95. The molecule has 0 saturated carbocycles. The number of pyridine rings is 1. The van der Waals surface area contributed by atoms with Crippen molar-refractivity contribution in [3.05, 3.63) is 58.8 Å². The first-order valence-corrected chi connectivity index (χ1v) is 10.7. The maximum atomic E-state index is 13.4. The van der Waals surface area contributed by atoms with Crippen molar-refractivity contribution in [2.75, 3.05) is 24.5 Å². The molecule has 2 aliphatic heterocycles. The van der Waals surface area contributed by atoms with E-state index in [9.17, 15) is 14.9 Å². The van der Waals surface area contributed by atoms with Crippen LogP contribution in [-0.2, 0) is 11.3 Å². The summed E-state index contributed by atoms with van der Waals surface area (Å²) < 4.78 is 0. The monoisotopic (exact) mass is 417 g/mol. The molecule has 7 nitrogen and oxygen atoms in total. The molecule has 0 aliphatic carbocycles. The van der Waals surface area contributed by atoms with Gasteiger partial charge in [-0.2, -0.15) is 5.26 Å². The fraction of sp³-hybridized carbons (Fsp3) is 0.417. The third-order valence-electron chi connectivity index (χ3n) is 6.45. The predicted molar refractivity (Wildman–Crippen MR) is 117 cm³/mol. The summed E-state index contributed by atoms with van der Waals surface area (Å²) in [6, 6.07) is 13.8. The molecular weight excluding hydrogens is 390 g/mol. The number of hydrogen-bond donors (Lipinski definition) is 0. The van der Waals surface area contributed by atoms with Gasteiger partial charge in [-0.25, -0.2) is 9.78 Å². The second-order valence-corrected chi connectivity index (χ2v) is 8.31. The minimum absolute atomic E-state index is 0.107. The molecular formula is C24H27N5O2. The largest absolute Gasteiger partial charge is 0.355 e. The number of nitrogens with zero attached hydrogens (tertiary/aromatic N) is 5. The van der Waals surface area contributed by atoms with Crippen molar-refractivity contribution >= 4 is 17.8 Å². The lowest BCUT2D eigenvalue weighted by Crippen LogP contribution is -2.56. The van der Waals surface area contributed by atoms with E-state index in [1.807, 2.05) is 57.2 Å². The van der Waals surface area contributed by atoms with Crippen LogP contribution in [0.2, 0.25) is 0 Å². The minimum Gasteiger partial charge on any atom is -0.355 e. The molecule has 160 valence electrons. The first-order chi connectivity index (χ1) is 14.9. The third-order valence-corrected chi connectivity index (χ3v) is 6.45. The third kappa shape index (κ3) is 3.42. The van der Waals surface area contributed by atoms with Crippen LogP contribution in [-0.4, -0.2) is 51.9 Å². The van der Waals surface area contributed by atoms with Crippen LogP contribution in [0.4, 0.5) is 10.6 Å². The van der Waals surface area contributed by atoms with E-state index in [0.29, 0.717) is 50.4 Å². The van der Waals surface area contributed by atoms with Crippen molar-refractivity contribution in [2.45, 2.75) is 45.7 Å². The molecule has 7 heteroatoms. The second-order valence-electron chi connectivity index (χ2n) is 8.31. The van der Waals surface area contributed by atoms with E-state index in [0.717, 1.165) is 16.8 Å². The number of urea groups is 1. The molecule has 31 heavy (non-hydrogen) atoms. The molecule has 2 aliphatic rings. The van der Waals surface area contributed by atoms with Gasteiger partial charge in [-0.1, -0.05) is 30.3 Å². The zero-order chi connectivity index (χ0) is 22.2. The number of likely N-dealkylation sites (N-methyl/N-ethyl adjacent to an activating group) is 1. The lowest BCUT2D eigenvalue weighted by atomic mass is 9.85. The van der Waals surface area contributed by atoms with Crippen LogP contribution in [0.3, 0.4) is 0 Å². The highest BCUT2D eigenvalue weighted by Crippen LogP contribution is 2.39. The highest BCUT2D eigenvalue weighted by molar-refractivity contribution is 6.07. The van der Waals surface area contributed by atoms with E-state index in [1.54, 1.807) is 4.90 Å². The standard InChI is InChI=1S/C24H27N5O2/c1-4-28-22(30)24(29(23(28)31)16-19-8-6-5-7-9-19)10-12-27(13-11-24)21-20(15-25)17(2)14-18(3)26-21/h5-9,14H,4,10-13,16H2,1-3H3. The van der Waals surface area contributed by atoms with Crippen LogP contribution in [0.5, 0.6) is 0 Å². The Balaban J connectivity index is 1.64. The van der Waals surface area contributed by atoms with Gasteiger partial charge in [0.05, 0.1) is 5.56 Å². The molecule has 0 bridgehead atoms. The molecule has 2 saturated heterocycles. The molecule has 4 rings (SSSR count). The number of aromatic nitrogens is 1. The number of imide groups is 1. The number of amides is 3. The lowest BCUT2D eigenvalue weighted by molar-refractivity contribution is -0.134. The Morgan fingerprint density at radius 1 is 1.13 bits per heavy atom. The number of benzene rings is 1. The van der Waals surface area contributed by atoms with Crippen molar-refractivity contribution in [2.24, 2.45) is 0 Å². The smallest absolute Gasteiger partial charge is 0.327 e. The summed E-state index contributed by atoms with van der Waals surface area (Å²) in [4.78, 5) is 36.3. The number of aryl methyl sites for hydroxylation is 2. The Kier molecular flexibility index (Phi) is 5.40. The van der Waals surface area contributed by atoms with E-state index >= 15 is 0 Å². The van der Waals surface area contributed by atoms with Crippen LogP contribution in [0.25, 0.3) is 0 Å². The second kappa shape index (κ2) is 8.03. The highest BCUT2D eigenvalue weighted by Gasteiger charge is 2.57. The summed E-state index contributed by atoms with van der Waals surface area (Å²) in [6.07, 6.45) is 1.03. The van der Waals surface area contributed by atoms with E-state index in [-0.39, 0.29) is 11.9 Å².